The van der Waals surface area contributed by atoms with Gasteiger partial charge in [-0.1, -0.05) is 46.3 Å². The lowest BCUT2D eigenvalue weighted by Gasteiger charge is -2.30. The summed E-state index contributed by atoms with van der Waals surface area (Å²) >= 11 is 3.86. The molecule has 1 aliphatic carbocycles. The van der Waals surface area contributed by atoms with Crippen LogP contribution in [0.1, 0.15) is 33.5 Å². The Balaban J connectivity index is 1.84. The summed E-state index contributed by atoms with van der Waals surface area (Å²) in [5, 5.41) is 0. The summed E-state index contributed by atoms with van der Waals surface area (Å²) < 4.78 is 13.4. The molecule has 0 heterocycles. The van der Waals surface area contributed by atoms with Crippen LogP contribution in [0.5, 0.6) is 0 Å². The van der Waals surface area contributed by atoms with Crippen LogP contribution in [0.25, 0.3) is 0 Å². The van der Waals surface area contributed by atoms with Gasteiger partial charge in [0.05, 0.1) is 0 Å². The van der Waals surface area contributed by atoms with Crippen LogP contribution in [0.4, 0.5) is 4.39 Å². The van der Waals surface area contributed by atoms with Crippen LogP contribution in [0.2, 0.25) is 0 Å². The Bertz CT molecular complexity index is 621. The minimum atomic E-state index is -0.132. The van der Waals surface area contributed by atoms with Gasteiger partial charge in [0, 0.05) is 4.83 Å². The van der Waals surface area contributed by atoms with E-state index in [1.807, 2.05) is 6.07 Å². The van der Waals surface area contributed by atoms with Gasteiger partial charge in [0.15, 0.2) is 0 Å². The van der Waals surface area contributed by atoms with E-state index in [-0.39, 0.29) is 5.82 Å². The quantitative estimate of drug-likeness (QED) is 0.648. The number of fused-ring (bicyclic) bond motifs is 1. The normalized spacial score (nSPS) is 21.6. The summed E-state index contributed by atoms with van der Waals surface area (Å²) in [6.45, 7) is 2.06. The maximum Gasteiger partial charge on any atom is 0.123 e. The molecule has 0 spiro atoms. The Kier molecular flexibility index (Phi) is 3.93. The Morgan fingerprint density at radius 3 is 2.85 bits per heavy atom. The number of hydrogen-bond donors (Lipinski definition) is 0. The number of hydrogen-bond acceptors (Lipinski definition) is 0. The second-order valence-corrected chi connectivity index (χ2v) is 6.66. The zero-order valence-corrected chi connectivity index (χ0v) is 13.2. The minimum absolute atomic E-state index is 0.132. The van der Waals surface area contributed by atoms with Gasteiger partial charge in [-0.05, 0) is 66.5 Å². The van der Waals surface area contributed by atoms with Crippen molar-refractivity contribution in [3.8, 4) is 0 Å². The van der Waals surface area contributed by atoms with E-state index in [1.54, 1.807) is 12.1 Å². The third kappa shape index (κ3) is 2.67. The molecule has 1 aliphatic rings. The van der Waals surface area contributed by atoms with Crippen LogP contribution in [-0.4, -0.2) is 0 Å². The van der Waals surface area contributed by atoms with Crippen LogP contribution in [0, 0.1) is 18.7 Å². The molecule has 2 atom stereocenters. The van der Waals surface area contributed by atoms with Crippen LogP contribution in [0.15, 0.2) is 42.5 Å². The molecule has 3 rings (SSSR count). The molecule has 2 aromatic rings. The predicted molar refractivity (Wildman–Crippen MR) is 84.8 cm³/mol. The van der Waals surface area contributed by atoms with Gasteiger partial charge < -0.3 is 0 Å². The van der Waals surface area contributed by atoms with Crippen LogP contribution >= 0.6 is 15.9 Å². The van der Waals surface area contributed by atoms with Crippen molar-refractivity contribution in [1.82, 2.24) is 0 Å². The van der Waals surface area contributed by atoms with Gasteiger partial charge in [-0.25, -0.2) is 4.39 Å². The van der Waals surface area contributed by atoms with Crippen LogP contribution < -0.4 is 0 Å². The van der Waals surface area contributed by atoms with E-state index in [0.717, 1.165) is 24.8 Å². The van der Waals surface area contributed by atoms with E-state index in [9.17, 15) is 4.39 Å². The largest absolute Gasteiger partial charge is 0.207 e. The first-order valence-electron chi connectivity index (χ1n) is 7.12. The molecule has 0 nitrogen and oxygen atoms in total. The van der Waals surface area contributed by atoms with Crippen molar-refractivity contribution >= 4 is 15.9 Å². The molecule has 0 saturated carbocycles. The third-order valence-electron chi connectivity index (χ3n) is 4.34. The molecule has 0 N–H and O–H groups in total. The highest BCUT2D eigenvalue weighted by atomic mass is 79.9. The summed E-state index contributed by atoms with van der Waals surface area (Å²) in [5.41, 5.74) is 5.17. The Morgan fingerprint density at radius 2 is 2.00 bits per heavy atom. The van der Waals surface area contributed by atoms with Crippen molar-refractivity contribution in [3.05, 3.63) is 70.5 Å². The molecular formula is C18H18BrF. The maximum atomic E-state index is 13.4. The molecular weight excluding hydrogens is 315 g/mol. The first-order chi connectivity index (χ1) is 9.65. The third-order valence-corrected chi connectivity index (χ3v) is 5.58. The van der Waals surface area contributed by atoms with Gasteiger partial charge in [0.25, 0.3) is 0 Å². The van der Waals surface area contributed by atoms with E-state index in [0.29, 0.717) is 10.7 Å². The SMILES string of the molecule is Cc1ccc(F)cc1CC1CCc2ccccc2C1Br. The monoisotopic (exact) mass is 332 g/mol. The number of rotatable bonds is 2. The van der Waals surface area contributed by atoms with Gasteiger partial charge in [0.2, 0.25) is 0 Å². The fourth-order valence-electron chi connectivity index (χ4n) is 3.12. The molecule has 0 aliphatic heterocycles. The fourth-order valence-corrected chi connectivity index (χ4v) is 4.02. The summed E-state index contributed by atoms with van der Waals surface area (Å²) in [5.74, 6) is 0.401. The molecule has 0 bridgehead atoms. The number of halogens is 2. The maximum absolute atomic E-state index is 13.4. The summed E-state index contributed by atoms with van der Waals surface area (Å²) in [7, 11) is 0. The molecule has 20 heavy (non-hydrogen) atoms. The number of aryl methyl sites for hydroxylation is 2. The molecule has 0 amide bonds. The van der Waals surface area contributed by atoms with Gasteiger partial charge in [-0.3, -0.25) is 0 Å². The molecule has 0 aromatic heterocycles. The van der Waals surface area contributed by atoms with Crippen molar-refractivity contribution in [2.24, 2.45) is 5.92 Å². The lowest BCUT2D eigenvalue weighted by Crippen LogP contribution is -2.19. The van der Waals surface area contributed by atoms with Gasteiger partial charge in [-0.2, -0.15) is 0 Å². The topological polar surface area (TPSA) is 0 Å². The molecule has 2 heteroatoms. The van der Waals surface area contributed by atoms with E-state index in [2.05, 4.69) is 47.1 Å². The highest BCUT2D eigenvalue weighted by Gasteiger charge is 2.27. The van der Waals surface area contributed by atoms with Crippen molar-refractivity contribution in [3.63, 3.8) is 0 Å². The Labute approximate surface area is 128 Å². The Morgan fingerprint density at radius 1 is 1.20 bits per heavy atom. The van der Waals surface area contributed by atoms with Gasteiger partial charge in [-0.15, -0.1) is 0 Å². The van der Waals surface area contributed by atoms with E-state index in [1.165, 1.54) is 16.7 Å². The molecule has 0 saturated heterocycles. The molecule has 0 fully saturated rings. The lowest BCUT2D eigenvalue weighted by molar-refractivity contribution is 0.450. The second kappa shape index (κ2) is 5.69. The zero-order chi connectivity index (χ0) is 14.1. The smallest absolute Gasteiger partial charge is 0.123 e. The zero-order valence-electron chi connectivity index (χ0n) is 11.6. The average molecular weight is 333 g/mol. The number of alkyl halides is 1. The first-order valence-corrected chi connectivity index (χ1v) is 8.03. The lowest BCUT2D eigenvalue weighted by atomic mass is 9.80. The van der Waals surface area contributed by atoms with Crippen molar-refractivity contribution in [2.75, 3.05) is 0 Å². The van der Waals surface area contributed by atoms with E-state index in [4.69, 9.17) is 0 Å². The standard InChI is InChI=1S/C18H18BrF/c1-12-6-9-16(20)11-15(12)10-14-8-7-13-4-2-3-5-17(13)18(14)19/h2-6,9,11,14,18H,7-8,10H2,1H3. The van der Waals surface area contributed by atoms with Crippen molar-refractivity contribution in [1.29, 1.82) is 0 Å². The molecule has 2 aromatic carbocycles. The summed E-state index contributed by atoms with van der Waals surface area (Å²) in [4.78, 5) is 0.370. The minimum Gasteiger partial charge on any atom is -0.207 e. The molecule has 0 radical (unpaired) electrons. The fraction of sp³-hybridized carbons (Fsp3) is 0.333. The van der Waals surface area contributed by atoms with Crippen molar-refractivity contribution < 1.29 is 4.39 Å². The Hall–Kier alpha value is -1.15. The molecule has 2 unspecified atom stereocenters. The predicted octanol–water partition coefficient (Wildman–Crippen LogP) is 5.38. The van der Waals surface area contributed by atoms with Gasteiger partial charge >= 0.3 is 0 Å². The highest BCUT2D eigenvalue weighted by Crippen LogP contribution is 2.42. The van der Waals surface area contributed by atoms with E-state index >= 15 is 0 Å². The highest BCUT2D eigenvalue weighted by molar-refractivity contribution is 9.09. The number of benzene rings is 2. The van der Waals surface area contributed by atoms with Crippen LogP contribution in [0.3, 0.4) is 0 Å². The van der Waals surface area contributed by atoms with Crippen LogP contribution in [-0.2, 0) is 12.8 Å². The van der Waals surface area contributed by atoms with E-state index < -0.39 is 0 Å². The summed E-state index contributed by atoms with van der Waals surface area (Å²) in [6, 6.07) is 13.7. The summed E-state index contributed by atoms with van der Waals surface area (Å²) in [6.07, 6.45) is 3.22. The molecule has 104 valence electrons. The second-order valence-electron chi connectivity index (χ2n) is 5.67. The average Bonchev–Trinajstić information content (AvgIpc) is 2.46. The van der Waals surface area contributed by atoms with Crippen molar-refractivity contribution in [2.45, 2.75) is 31.0 Å². The first kappa shape index (κ1) is 13.8. The van der Waals surface area contributed by atoms with Gasteiger partial charge in [0.1, 0.15) is 5.82 Å².